The van der Waals surface area contributed by atoms with Gasteiger partial charge in [-0.15, -0.1) is 0 Å². The monoisotopic (exact) mass is 260 g/mol. The van der Waals surface area contributed by atoms with E-state index >= 15 is 0 Å². The predicted octanol–water partition coefficient (Wildman–Crippen LogP) is 3.51. The topological polar surface area (TPSA) is 24.1 Å². The minimum Gasteiger partial charge on any atom is -0.313 e. The van der Waals surface area contributed by atoms with Crippen LogP contribution >= 0.6 is 0 Å². The van der Waals surface area contributed by atoms with Crippen molar-refractivity contribution >= 4 is 0 Å². The first-order valence-electron chi connectivity index (χ1n) is 7.86. The number of benzene rings is 1. The summed E-state index contributed by atoms with van der Waals surface area (Å²) in [6.45, 7) is 6.89. The Hall–Kier alpha value is -0.860. The Balaban J connectivity index is 2.01. The van der Waals surface area contributed by atoms with Gasteiger partial charge in [-0.2, -0.15) is 0 Å². The molecule has 0 bridgehead atoms. The number of rotatable bonds is 7. The van der Waals surface area contributed by atoms with Gasteiger partial charge in [0.25, 0.3) is 0 Å². The molecular formula is C17H28N2. The molecule has 1 fully saturated rings. The largest absolute Gasteiger partial charge is 0.313 e. The second kappa shape index (κ2) is 7.66. The summed E-state index contributed by atoms with van der Waals surface area (Å²) in [4.78, 5) is 0. The molecule has 1 saturated heterocycles. The zero-order chi connectivity index (χ0) is 13.5. The van der Waals surface area contributed by atoms with Gasteiger partial charge >= 0.3 is 0 Å². The maximum absolute atomic E-state index is 3.82. The molecule has 1 aliphatic heterocycles. The highest BCUT2D eigenvalue weighted by atomic mass is 15.0. The molecule has 2 unspecified atom stereocenters. The lowest BCUT2D eigenvalue weighted by atomic mass is 9.88. The summed E-state index contributed by atoms with van der Waals surface area (Å²) in [6, 6.07) is 12.1. The fourth-order valence-electron chi connectivity index (χ4n) is 3.18. The van der Waals surface area contributed by atoms with Crippen molar-refractivity contribution in [3.63, 3.8) is 0 Å². The highest BCUT2D eigenvalue weighted by molar-refractivity contribution is 5.19. The highest BCUT2D eigenvalue weighted by Gasteiger charge is 2.22. The van der Waals surface area contributed by atoms with Crippen LogP contribution in [0.2, 0.25) is 0 Å². The highest BCUT2D eigenvalue weighted by Crippen LogP contribution is 2.27. The standard InChI is InChI=1S/C17H28N2/c1-3-14(4-2)17(15-9-6-5-7-10-15)19-13-16-11-8-12-18-16/h5-7,9-10,14,16-19H,3-4,8,11-13H2,1-2H3. The average Bonchev–Trinajstić information content (AvgIpc) is 2.97. The SMILES string of the molecule is CCC(CC)C(NCC1CCCN1)c1ccccc1. The van der Waals surface area contributed by atoms with Gasteiger partial charge in [0.05, 0.1) is 0 Å². The molecule has 106 valence electrons. The first-order chi connectivity index (χ1) is 9.35. The lowest BCUT2D eigenvalue weighted by molar-refractivity contribution is 0.329. The Labute approximate surface area is 118 Å². The Morgan fingerprint density at radius 3 is 2.53 bits per heavy atom. The minimum absolute atomic E-state index is 0.499. The molecular weight excluding hydrogens is 232 g/mol. The van der Waals surface area contributed by atoms with Crippen LogP contribution < -0.4 is 10.6 Å². The van der Waals surface area contributed by atoms with Crippen LogP contribution in [0.3, 0.4) is 0 Å². The van der Waals surface area contributed by atoms with E-state index in [4.69, 9.17) is 0 Å². The second-order valence-corrected chi connectivity index (χ2v) is 5.67. The van der Waals surface area contributed by atoms with Crippen molar-refractivity contribution in [2.24, 2.45) is 5.92 Å². The molecule has 0 radical (unpaired) electrons. The molecule has 2 nitrogen and oxygen atoms in total. The van der Waals surface area contributed by atoms with Crippen molar-refractivity contribution in [2.75, 3.05) is 13.1 Å². The van der Waals surface area contributed by atoms with Gasteiger partial charge in [-0.1, -0.05) is 57.0 Å². The van der Waals surface area contributed by atoms with Gasteiger partial charge in [0.2, 0.25) is 0 Å². The van der Waals surface area contributed by atoms with Crippen molar-refractivity contribution < 1.29 is 0 Å². The molecule has 2 rings (SSSR count). The fourth-order valence-corrected chi connectivity index (χ4v) is 3.18. The van der Waals surface area contributed by atoms with Gasteiger partial charge < -0.3 is 10.6 Å². The quantitative estimate of drug-likeness (QED) is 0.784. The Morgan fingerprint density at radius 2 is 1.95 bits per heavy atom. The van der Waals surface area contributed by atoms with Crippen LogP contribution in [-0.2, 0) is 0 Å². The van der Waals surface area contributed by atoms with Gasteiger partial charge in [-0.25, -0.2) is 0 Å². The Morgan fingerprint density at radius 1 is 1.21 bits per heavy atom. The van der Waals surface area contributed by atoms with E-state index in [0.29, 0.717) is 12.1 Å². The summed E-state index contributed by atoms with van der Waals surface area (Å²) in [6.07, 6.45) is 5.12. The molecule has 1 aliphatic rings. The Bertz CT molecular complexity index is 340. The van der Waals surface area contributed by atoms with Crippen molar-refractivity contribution in [2.45, 2.75) is 51.6 Å². The third-order valence-corrected chi connectivity index (χ3v) is 4.43. The molecule has 2 heteroatoms. The van der Waals surface area contributed by atoms with E-state index in [1.54, 1.807) is 0 Å². The maximum atomic E-state index is 3.82. The van der Waals surface area contributed by atoms with E-state index in [1.165, 1.54) is 37.8 Å². The molecule has 0 aromatic heterocycles. The zero-order valence-electron chi connectivity index (χ0n) is 12.4. The lowest BCUT2D eigenvalue weighted by Crippen LogP contribution is -2.38. The van der Waals surface area contributed by atoms with Crippen LogP contribution in [0, 0.1) is 5.92 Å². The van der Waals surface area contributed by atoms with E-state index < -0.39 is 0 Å². The van der Waals surface area contributed by atoms with E-state index in [0.717, 1.165) is 12.5 Å². The van der Waals surface area contributed by atoms with E-state index in [9.17, 15) is 0 Å². The van der Waals surface area contributed by atoms with Gasteiger partial charge in [0.1, 0.15) is 0 Å². The molecule has 0 spiro atoms. The van der Waals surface area contributed by atoms with Crippen LogP contribution in [0.15, 0.2) is 30.3 Å². The summed E-state index contributed by atoms with van der Waals surface area (Å²) in [5, 5.41) is 7.39. The van der Waals surface area contributed by atoms with Crippen LogP contribution in [-0.4, -0.2) is 19.1 Å². The molecule has 2 atom stereocenters. The number of hydrogen-bond donors (Lipinski definition) is 2. The smallest absolute Gasteiger partial charge is 0.0349 e. The zero-order valence-corrected chi connectivity index (χ0v) is 12.4. The van der Waals surface area contributed by atoms with Crippen molar-refractivity contribution in [3.8, 4) is 0 Å². The molecule has 0 amide bonds. The number of hydrogen-bond acceptors (Lipinski definition) is 2. The van der Waals surface area contributed by atoms with Gasteiger partial charge in [-0.05, 0) is 30.9 Å². The normalized spacial score (nSPS) is 20.9. The van der Waals surface area contributed by atoms with Crippen LogP contribution in [0.4, 0.5) is 0 Å². The lowest BCUT2D eigenvalue weighted by Gasteiger charge is -2.28. The molecule has 0 saturated carbocycles. The average molecular weight is 260 g/mol. The van der Waals surface area contributed by atoms with Crippen molar-refractivity contribution in [1.82, 2.24) is 10.6 Å². The Kier molecular flexibility index (Phi) is 5.87. The van der Waals surface area contributed by atoms with E-state index in [1.807, 2.05) is 0 Å². The molecule has 1 aromatic carbocycles. The molecule has 2 N–H and O–H groups in total. The fraction of sp³-hybridized carbons (Fsp3) is 0.647. The van der Waals surface area contributed by atoms with Crippen molar-refractivity contribution in [1.29, 1.82) is 0 Å². The summed E-state index contributed by atoms with van der Waals surface area (Å²) in [5.74, 6) is 0.726. The van der Waals surface area contributed by atoms with Crippen molar-refractivity contribution in [3.05, 3.63) is 35.9 Å². The maximum Gasteiger partial charge on any atom is 0.0349 e. The van der Waals surface area contributed by atoms with Gasteiger partial charge in [0.15, 0.2) is 0 Å². The van der Waals surface area contributed by atoms with Crippen LogP contribution in [0.25, 0.3) is 0 Å². The third kappa shape index (κ3) is 4.05. The summed E-state index contributed by atoms with van der Waals surface area (Å²) in [7, 11) is 0. The molecule has 0 aliphatic carbocycles. The van der Waals surface area contributed by atoms with Gasteiger partial charge in [0, 0.05) is 18.6 Å². The summed E-state index contributed by atoms with van der Waals surface area (Å²) < 4.78 is 0. The molecule has 1 aromatic rings. The van der Waals surface area contributed by atoms with E-state index in [-0.39, 0.29) is 0 Å². The first kappa shape index (κ1) is 14.5. The molecule has 19 heavy (non-hydrogen) atoms. The van der Waals surface area contributed by atoms with E-state index in [2.05, 4.69) is 54.8 Å². The third-order valence-electron chi connectivity index (χ3n) is 4.43. The summed E-state index contributed by atoms with van der Waals surface area (Å²) in [5.41, 5.74) is 1.44. The van der Waals surface area contributed by atoms with Crippen LogP contribution in [0.1, 0.15) is 51.1 Å². The second-order valence-electron chi connectivity index (χ2n) is 5.67. The minimum atomic E-state index is 0.499. The first-order valence-corrected chi connectivity index (χ1v) is 7.86. The van der Waals surface area contributed by atoms with Crippen LogP contribution in [0.5, 0.6) is 0 Å². The summed E-state index contributed by atoms with van der Waals surface area (Å²) >= 11 is 0. The molecule has 1 heterocycles. The number of nitrogens with one attached hydrogen (secondary N) is 2. The predicted molar refractivity (Wildman–Crippen MR) is 82.3 cm³/mol. The van der Waals surface area contributed by atoms with Gasteiger partial charge in [-0.3, -0.25) is 0 Å².